The molecule has 0 aliphatic rings. The van der Waals surface area contributed by atoms with E-state index in [0.29, 0.717) is 6.54 Å². The highest BCUT2D eigenvalue weighted by Crippen LogP contribution is 2.17. The molecule has 0 fully saturated rings. The van der Waals surface area contributed by atoms with Crippen molar-refractivity contribution in [3.05, 3.63) is 54.1 Å². The van der Waals surface area contributed by atoms with Gasteiger partial charge in [0.05, 0.1) is 13.7 Å². The summed E-state index contributed by atoms with van der Waals surface area (Å²) in [4.78, 5) is 8.36. The number of methoxy groups -OCH3 is 1. The van der Waals surface area contributed by atoms with Crippen LogP contribution in [0.3, 0.4) is 0 Å². The lowest BCUT2D eigenvalue weighted by molar-refractivity contribution is 0.414. The van der Waals surface area contributed by atoms with Gasteiger partial charge in [0.15, 0.2) is 0 Å². The van der Waals surface area contributed by atoms with Crippen LogP contribution in [0.5, 0.6) is 5.75 Å². The van der Waals surface area contributed by atoms with Crippen LogP contribution in [0.4, 0.5) is 0 Å². The quantitative estimate of drug-likeness (QED) is 0.875. The number of hydrogen-bond donors (Lipinski definition) is 1. The molecule has 0 bridgehead atoms. The third-order valence-corrected chi connectivity index (χ3v) is 2.80. The lowest BCUT2D eigenvalue weighted by Gasteiger charge is -2.14. The van der Waals surface area contributed by atoms with Crippen LogP contribution in [0.2, 0.25) is 0 Å². The molecule has 1 atom stereocenters. The Bertz CT molecular complexity index is 470. The van der Waals surface area contributed by atoms with Gasteiger partial charge < -0.3 is 10.1 Å². The van der Waals surface area contributed by atoms with Crippen molar-refractivity contribution < 1.29 is 4.74 Å². The van der Waals surface area contributed by atoms with E-state index >= 15 is 0 Å². The zero-order chi connectivity index (χ0) is 12.8. The van der Waals surface area contributed by atoms with E-state index in [-0.39, 0.29) is 6.04 Å². The molecule has 0 aliphatic heterocycles. The molecular weight excluding hydrogens is 226 g/mol. The molecule has 1 N–H and O–H groups in total. The van der Waals surface area contributed by atoms with Crippen molar-refractivity contribution in [3.63, 3.8) is 0 Å². The van der Waals surface area contributed by atoms with Crippen molar-refractivity contribution in [2.45, 2.75) is 19.5 Å². The number of hydrogen-bond acceptors (Lipinski definition) is 4. The summed E-state index contributed by atoms with van der Waals surface area (Å²) in [6.45, 7) is 2.78. The van der Waals surface area contributed by atoms with Crippen LogP contribution in [0.1, 0.15) is 24.4 Å². The summed E-state index contributed by atoms with van der Waals surface area (Å²) in [7, 11) is 1.67. The summed E-state index contributed by atoms with van der Waals surface area (Å²) in [5, 5.41) is 3.39. The summed E-state index contributed by atoms with van der Waals surface area (Å²) in [6.07, 6.45) is 3.50. The SMILES string of the molecule is COc1ccc([C@H](C)NCc2ncccn2)cc1. The van der Waals surface area contributed by atoms with Gasteiger partial charge in [-0.05, 0) is 30.7 Å². The van der Waals surface area contributed by atoms with E-state index in [1.54, 1.807) is 19.5 Å². The maximum absolute atomic E-state index is 5.14. The predicted molar refractivity (Wildman–Crippen MR) is 70.3 cm³/mol. The first kappa shape index (κ1) is 12.5. The Morgan fingerprint density at radius 1 is 1.17 bits per heavy atom. The molecule has 0 saturated heterocycles. The molecule has 94 valence electrons. The molecule has 0 saturated carbocycles. The zero-order valence-electron chi connectivity index (χ0n) is 10.6. The summed E-state index contributed by atoms with van der Waals surface area (Å²) < 4.78 is 5.14. The lowest BCUT2D eigenvalue weighted by Crippen LogP contribution is -2.19. The second-order valence-corrected chi connectivity index (χ2v) is 4.04. The Morgan fingerprint density at radius 2 is 1.83 bits per heavy atom. The third kappa shape index (κ3) is 3.28. The Morgan fingerprint density at radius 3 is 2.44 bits per heavy atom. The molecule has 0 spiro atoms. The van der Waals surface area contributed by atoms with Crippen LogP contribution in [0.25, 0.3) is 0 Å². The van der Waals surface area contributed by atoms with E-state index in [2.05, 4.69) is 34.3 Å². The van der Waals surface area contributed by atoms with E-state index in [4.69, 9.17) is 4.74 Å². The zero-order valence-corrected chi connectivity index (χ0v) is 10.6. The number of rotatable bonds is 5. The number of nitrogens with one attached hydrogen (secondary N) is 1. The fourth-order valence-electron chi connectivity index (χ4n) is 1.68. The van der Waals surface area contributed by atoms with Gasteiger partial charge in [0, 0.05) is 18.4 Å². The molecule has 0 aliphatic carbocycles. The summed E-state index contributed by atoms with van der Waals surface area (Å²) in [5.74, 6) is 1.68. The molecule has 4 heteroatoms. The Labute approximate surface area is 107 Å². The van der Waals surface area contributed by atoms with E-state index in [1.165, 1.54) is 5.56 Å². The number of nitrogens with zero attached hydrogens (tertiary/aromatic N) is 2. The second-order valence-electron chi connectivity index (χ2n) is 4.04. The minimum absolute atomic E-state index is 0.250. The topological polar surface area (TPSA) is 47.0 Å². The average Bonchev–Trinajstić information content (AvgIpc) is 2.46. The van der Waals surface area contributed by atoms with E-state index in [1.807, 2.05) is 18.2 Å². The molecule has 2 aromatic rings. The number of aromatic nitrogens is 2. The van der Waals surface area contributed by atoms with Crippen LogP contribution in [-0.4, -0.2) is 17.1 Å². The van der Waals surface area contributed by atoms with Gasteiger partial charge in [-0.15, -0.1) is 0 Å². The monoisotopic (exact) mass is 243 g/mol. The molecule has 0 radical (unpaired) electrons. The van der Waals surface area contributed by atoms with Crippen molar-refractivity contribution in [1.29, 1.82) is 0 Å². The van der Waals surface area contributed by atoms with E-state index in [0.717, 1.165) is 11.6 Å². The smallest absolute Gasteiger partial charge is 0.141 e. The van der Waals surface area contributed by atoms with Crippen molar-refractivity contribution >= 4 is 0 Å². The minimum atomic E-state index is 0.250. The second kappa shape index (κ2) is 6.12. The largest absolute Gasteiger partial charge is 0.497 e. The van der Waals surface area contributed by atoms with E-state index < -0.39 is 0 Å². The van der Waals surface area contributed by atoms with Gasteiger partial charge in [-0.1, -0.05) is 12.1 Å². The van der Waals surface area contributed by atoms with Crippen molar-refractivity contribution in [1.82, 2.24) is 15.3 Å². The van der Waals surface area contributed by atoms with Crippen molar-refractivity contribution in [3.8, 4) is 5.75 Å². The Kier molecular flexibility index (Phi) is 4.25. The normalized spacial score (nSPS) is 12.1. The van der Waals surface area contributed by atoms with Crippen LogP contribution in [0, 0.1) is 0 Å². The van der Waals surface area contributed by atoms with Crippen LogP contribution in [0.15, 0.2) is 42.7 Å². The van der Waals surface area contributed by atoms with E-state index in [9.17, 15) is 0 Å². The standard InChI is InChI=1S/C14H17N3O/c1-11(12-4-6-13(18-2)7-5-12)17-10-14-15-8-3-9-16-14/h3-9,11,17H,10H2,1-2H3/t11-/m0/s1. The molecule has 1 heterocycles. The first-order chi connectivity index (χ1) is 8.79. The van der Waals surface area contributed by atoms with Crippen molar-refractivity contribution in [2.24, 2.45) is 0 Å². The highest BCUT2D eigenvalue weighted by Gasteiger charge is 2.05. The Balaban J connectivity index is 1.93. The predicted octanol–water partition coefficient (Wildman–Crippen LogP) is 2.34. The van der Waals surface area contributed by atoms with Gasteiger partial charge >= 0.3 is 0 Å². The summed E-state index contributed by atoms with van der Waals surface area (Å²) in [6, 6.07) is 10.1. The van der Waals surface area contributed by atoms with Gasteiger partial charge in [-0.3, -0.25) is 0 Å². The fourth-order valence-corrected chi connectivity index (χ4v) is 1.68. The summed E-state index contributed by atoms with van der Waals surface area (Å²) >= 11 is 0. The molecule has 1 aromatic carbocycles. The van der Waals surface area contributed by atoms with Gasteiger partial charge in [-0.2, -0.15) is 0 Å². The number of ether oxygens (including phenoxy) is 1. The maximum Gasteiger partial charge on any atom is 0.141 e. The number of benzene rings is 1. The fraction of sp³-hybridized carbons (Fsp3) is 0.286. The molecule has 18 heavy (non-hydrogen) atoms. The molecule has 4 nitrogen and oxygen atoms in total. The highest BCUT2D eigenvalue weighted by molar-refractivity contribution is 5.28. The molecule has 1 aromatic heterocycles. The lowest BCUT2D eigenvalue weighted by atomic mass is 10.1. The first-order valence-electron chi connectivity index (χ1n) is 5.93. The maximum atomic E-state index is 5.14. The minimum Gasteiger partial charge on any atom is -0.497 e. The molecule has 0 amide bonds. The van der Waals surface area contributed by atoms with Crippen molar-refractivity contribution in [2.75, 3.05) is 7.11 Å². The van der Waals surface area contributed by atoms with Crippen LogP contribution < -0.4 is 10.1 Å². The molecular formula is C14H17N3O. The van der Waals surface area contributed by atoms with Gasteiger partial charge in [0.1, 0.15) is 11.6 Å². The first-order valence-corrected chi connectivity index (χ1v) is 5.93. The van der Waals surface area contributed by atoms with Crippen LogP contribution >= 0.6 is 0 Å². The van der Waals surface area contributed by atoms with Crippen LogP contribution in [-0.2, 0) is 6.54 Å². The molecule has 0 unspecified atom stereocenters. The average molecular weight is 243 g/mol. The third-order valence-electron chi connectivity index (χ3n) is 2.80. The van der Waals surface area contributed by atoms with Gasteiger partial charge in [0.25, 0.3) is 0 Å². The highest BCUT2D eigenvalue weighted by atomic mass is 16.5. The van der Waals surface area contributed by atoms with Gasteiger partial charge in [-0.25, -0.2) is 9.97 Å². The van der Waals surface area contributed by atoms with Gasteiger partial charge in [0.2, 0.25) is 0 Å². The molecule has 2 rings (SSSR count). The Hall–Kier alpha value is -1.94. The summed E-state index contributed by atoms with van der Waals surface area (Å²) in [5.41, 5.74) is 1.21.